The number of unbranched alkanes of at least 4 members (excludes halogenated alkanes) is 2. The minimum absolute atomic E-state index is 0.0158. The molecule has 1 aliphatic heterocycles. The van der Waals surface area contributed by atoms with Crippen LogP contribution in [0.5, 0.6) is 11.6 Å². The van der Waals surface area contributed by atoms with Gasteiger partial charge in [0, 0.05) is 37.6 Å². The number of rotatable bonds is 16. The molecule has 17 heteroatoms. The van der Waals surface area contributed by atoms with Crippen LogP contribution in [0.25, 0.3) is 0 Å². The highest BCUT2D eigenvalue weighted by Gasteiger charge is 2.39. The molecule has 2 aromatic heterocycles. The molecular formula is C35H40F6N4O7. The van der Waals surface area contributed by atoms with Crippen LogP contribution >= 0.6 is 0 Å². The molecule has 0 spiro atoms. The summed E-state index contributed by atoms with van der Waals surface area (Å²) in [5.41, 5.74) is -2.13. The second-order valence-electron chi connectivity index (χ2n) is 12.1. The summed E-state index contributed by atoms with van der Waals surface area (Å²) in [7, 11) is 2.88. The fraction of sp³-hybridized carbons (Fsp3) is 0.486. The number of ether oxygens (including phenoxy) is 4. The Morgan fingerprint density at radius 2 is 1.67 bits per heavy atom. The fourth-order valence-corrected chi connectivity index (χ4v) is 5.80. The molecule has 1 amide bonds. The van der Waals surface area contributed by atoms with E-state index in [1.165, 1.54) is 31.4 Å². The van der Waals surface area contributed by atoms with Gasteiger partial charge in [-0.1, -0.05) is 6.92 Å². The van der Waals surface area contributed by atoms with E-state index < -0.39 is 47.6 Å². The Hall–Kier alpha value is -4.80. The first-order valence-corrected chi connectivity index (χ1v) is 16.5. The van der Waals surface area contributed by atoms with Gasteiger partial charge in [-0.2, -0.15) is 26.3 Å². The predicted octanol–water partition coefficient (Wildman–Crippen LogP) is 8.06. The van der Waals surface area contributed by atoms with Crippen molar-refractivity contribution in [1.29, 1.82) is 0 Å². The molecule has 52 heavy (non-hydrogen) atoms. The van der Waals surface area contributed by atoms with Gasteiger partial charge in [-0.15, -0.1) is 0 Å². The molecule has 3 aromatic rings. The summed E-state index contributed by atoms with van der Waals surface area (Å²) in [6, 6.07) is 5.05. The van der Waals surface area contributed by atoms with Gasteiger partial charge in [-0.3, -0.25) is 9.69 Å². The number of pyridine rings is 2. The number of hydrogen-bond acceptors (Lipinski definition) is 9. The third kappa shape index (κ3) is 10.6. The van der Waals surface area contributed by atoms with Crippen LogP contribution in [0.15, 0.2) is 42.6 Å². The molecule has 11 nitrogen and oxygen atoms in total. The summed E-state index contributed by atoms with van der Waals surface area (Å²) >= 11 is 0. The molecule has 2 N–H and O–H groups in total. The minimum atomic E-state index is -5.03. The lowest BCUT2D eigenvalue weighted by atomic mass is 9.93. The molecule has 1 aromatic carbocycles. The lowest BCUT2D eigenvalue weighted by Crippen LogP contribution is -2.46. The van der Waals surface area contributed by atoms with Crippen molar-refractivity contribution in [1.82, 2.24) is 9.97 Å². The molecule has 4 rings (SSSR count). The number of nitrogens with one attached hydrogen (secondary N) is 1. The maximum atomic E-state index is 13.7. The zero-order chi connectivity index (χ0) is 38.1. The number of fused-ring (bicyclic) bond motifs is 1. The first-order valence-electron chi connectivity index (χ1n) is 16.5. The molecular weight excluding hydrogens is 702 g/mol. The van der Waals surface area contributed by atoms with Crippen LogP contribution in [0, 0.1) is 0 Å². The summed E-state index contributed by atoms with van der Waals surface area (Å²) in [6.07, 6.45) is -7.45. The maximum absolute atomic E-state index is 13.7. The maximum Gasteiger partial charge on any atom is 0.416 e. The van der Waals surface area contributed by atoms with Crippen molar-refractivity contribution < 1.29 is 60.0 Å². The quantitative estimate of drug-likeness (QED) is 0.110. The predicted molar refractivity (Wildman–Crippen MR) is 177 cm³/mol. The molecule has 284 valence electrons. The SMILES string of the molecule is CC[C@@H]1C[C@H](Nc2ncc(OCCOC)cc2Cc2cc(C(F)(F)F)cc(C(F)(F)F)c2)c2nc(OC)ccc2N1C(=O)OCCCCCC(=O)O. The Bertz CT molecular complexity index is 1660. The second-order valence-corrected chi connectivity index (χ2v) is 12.1. The number of benzene rings is 1. The summed E-state index contributed by atoms with van der Waals surface area (Å²) in [5.74, 6) is -0.310. The molecule has 0 radical (unpaired) electrons. The number of nitrogens with zero attached hydrogens (tertiary/aromatic N) is 3. The van der Waals surface area contributed by atoms with Crippen molar-refractivity contribution in [3.05, 3.63) is 70.5 Å². The number of aromatic nitrogens is 2. The first kappa shape index (κ1) is 40.0. The van der Waals surface area contributed by atoms with Crippen LogP contribution in [-0.4, -0.2) is 67.2 Å². The Balaban J connectivity index is 1.69. The molecule has 1 aliphatic rings. The summed E-state index contributed by atoms with van der Waals surface area (Å²) in [6.45, 7) is 2.27. The number of amides is 1. The van der Waals surface area contributed by atoms with Gasteiger partial charge in [0.25, 0.3) is 0 Å². The highest BCUT2D eigenvalue weighted by Crippen LogP contribution is 2.42. The average Bonchev–Trinajstić information content (AvgIpc) is 3.09. The third-order valence-electron chi connectivity index (χ3n) is 8.33. The zero-order valence-corrected chi connectivity index (χ0v) is 28.8. The Morgan fingerprint density at radius 1 is 0.962 bits per heavy atom. The van der Waals surface area contributed by atoms with Gasteiger partial charge in [0.05, 0.1) is 55.1 Å². The van der Waals surface area contributed by atoms with Crippen LogP contribution in [-0.2, 0) is 33.0 Å². The topological polar surface area (TPSA) is 132 Å². The highest BCUT2D eigenvalue weighted by molar-refractivity contribution is 5.90. The van der Waals surface area contributed by atoms with Gasteiger partial charge < -0.3 is 29.4 Å². The van der Waals surface area contributed by atoms with Crippen molar-refractivity contribution in [2.75, 3.05) is 44.3 Å². The van der Waals surface area contributed by atoms with Gasteiger partial charge in [-0.25, -0.2) is 14.8 Å². The Morgan fingerprint density at radius 3 is 2.29 bits per heavy atom. The lowest BCUT2D eigenvalue weighted by Gasteiger charge is -2.39. The fourth-order valence-electron chi connectivity index (χ4n) is 5.80. The second kappa shape index (κ2) is 17.6. The smallest absolute Gasteiger partial charge is 0.416 e. The van der Waals surface area contributed by atoms with Crippen LogP contribution < -0.4 is 19.7 Å². The normalized spacial score (nSPS) is 15.9. The number of anilines is 2. The lowest BCUT2D eigenvalue weighted by molar-refractivity contribution is -0.143. The monoisotopic (exact) mass is 742 g/mol. The van der Waals surface area contributed by atoms with Crippen LogP contribution in [0.1, 0.15) is 79.4 Å². The summed E-state index contributed by atoms with van der Waals surface area (Å²) < 4.78 is 104. The Kier molecular flexibility index (Phi) is 13.5. The van der Waals surface area contributed by atoms with Crippen molar-refractivity contribution >= 4 is 23.6 Å². The molecule has 0 bridgehead atoms. The van der Waals surface area contributed by atoms with E-state index in [-0.39, 0.29) is 73.7 Å². The number of halogens is 6. The van der Waals surface area contributed by atoms with Crippen LogP contribution in [0.4, 0.5) is 42.6 Å². The Labute approximate surface area is 296 Å². The van der Waals surface area contributed by atoms with Crippen LogP contribution in [0.2, 0.25) is 0 Å². The van der Waals surface area contributed by atoms with E-state index >= 15 is 0 Å². The van der Waals surface area contributed by atoms with Crippen molar-refractivity contribution in [3.63, 3.8) is 0 Å². The van der Waals surface area contributed by atoms with E-state index in [1.54, 1.807) is 12.1 Å². The largest absolute Gasteiger partial charge is 0.490 e. The summed E-state index contributed by atoms with van der Waals surface area (Å²) in [4.78, 5) is 34.7. The number of hydrogen-bond donors (Lipinski definition) is 2. The van der Waals surface area contributed by atoms with E-state index in [9.17, 15) is 35.9 Å². The molecule has 0 unspecified atom stereocenters. The van der Waals surface area contributed by atoms with Gasteiger partial charge in [0.1, 0.15) is 18.2 Å². The number of aliphatic carboxylic acids is 1. The number of methoxy groups -OCH3 is 2. The van der Waals surface area contributed by atoms with Crippen molar-refractivity contribution in [3.8, 4) is 11.6 Å². The number of carbonyl (C=O) groups excluding carboxylic acids is 1. The highest BCUT2D eigenvalue weighted by atomic mass is 19.4. The number of carbonyl (C=O) groups is 2. The molecule has 0 saturated carbocycles. The van der Waals surface area contributed by atoms with E-state index in [0.717, 1.165) is 0 Å². The van der Waals surface area contributed by atoms with Gasteiger partial charge >= 0.3 is 24.4 Å². The number of carboxylic acid groups (broad SMARTS) is 1. The average molecular weight is 743 g/mol. The van der Waals surface area contributed by atoms with E-state index in [4.69, 9.17) is 24.1 Å². The van der Waals surface area contributed by atoms with E-state index in [1.807, 2.05) is 6.92 Å². The number of carboxylic acids is 1. The number of alkyl halides is 6. The third-order valence-corrected chi connectivity index (χ3v) is 8.33. The standard InChI is InChI=1S/C35H40F6N4O7/c1-4-25-19-27(31-28(9-10-29(44-31)50-3)45(25)33(48)52-11-7-5-6-8-30(46)47)43-32-22(17-26(20-42-32)51-13-12-49-2)14-21-15-23(34(36,37)38)18-24(16-21)35(39,40)41/h9-10,15-18,20,25,27H,4-8,11-14,19H2,1-3H3,(H,42,43)(H,46,47)/t25-,27+/m1/s1. The van der Waals surface area contributed by atoms with E-state index in [2.05, 4.69) is 15.3 Å². The molecule has 3 heterocycles. The minimum Gasteiger partial charge on any atom is -0.490 e. The molecule has 0 fully saturated rings. The first-order chi connectivity index (χ1) is 24.6. The van der Waals surface area contributed by atoms with Gasteiger partial charge in [-0.05, 0) is 68.0 Å². The summed E-state index contributed by atoms with van der Waals surface area (Å²) in [5, 5.41) is 12.1. The molecule has 0 aliphatic carbocycles. The van der Waals surface area contributed by atoms with Crippen molar-refractivity contribution in [2.24, 2.45) is 0 Å². The van der Waals surface area contributed by atoms with Gasteiger partial charge in [0.2, 0.25) is 5.88 Å². The van der Waals surface area contributed by atoms with E-state index in [0.29, 0.717) is 49.2 Å². The van der Waals surface area contributed by atoms with Gasteiger partial charge in [0.15, 0.2) is 0 Å². The van der Waals surface area contributed by atoms with Crippen LogP contribution in [0.3, 0.4) is 0 Å². The molecule has 2 atom stereocenters. The van der Waals surface area contributed by atoms with Crippen molar-refractivity contribution in [2.45, 2.75) is 76.3 Å². The zero-order valence-electron chi connectivity index (χ0n) is 28.8. The molecule has 0 saturated heterocycles.